The van der Waals surface area contributed by atoms with Crippen LogP contribution >= 0.6 is 0 Å². The number of carbonyl (C=O) groups excluding carboxylic acids is 1. The normalized spacial score (nSPS) is 33.0. The predicted molar refractivity (Wildman–Crippen MR) is 59.8 cm³/mol. The lowest BCUT2D eigenvalue weighted by molar-refractivity contribution is -0.188. The van der Waals surface area contributed by atoms with Crippen LogP contribution in [-0.4, -0.2) is 29.5 Å². The van der Waals surface area contributed by atoms with Crippen molar-refractivity contribution in [3.8, 4) is 0 Å². The van der Waals surface area contributed by atoms with Crippen LogP contribution in [0, 0.1) is 0 Å². The highest BCUT2D eigenvalue weighted by atomic mass is 16.7. The molecular weight excluding hydrogens is 202 g/mol. The van der Waals surface area contributed by atoms with Crippen molar-refractivity contribution in [2.75, 3.05) is 6.54 Å². The highest BCUT2D eigenvalue weighted by Crippen LogP contribution is 2.29. The molecule has 2 heterocycles. The van der Waals surface area contributed by atoms with Gasteiger partial charge in [-0.05, 0) is 12.0 Å². The van der Waals surface area contributed by atoms with Gasteiger partial charge in [-0.2, -0.15) is 5.06 Å². The molecule has 0 radical (unpaired) electrons. The van der Waals surface area contributed by atoms with Crippen molar-refractivity contribution in [2.24, 2.45) is 0 Å². The fourth-order valence-corrected chi connectivity index (χ4v) is 2.54. The van der Waals surface area contributed by atoms with E-state index in [1.54, 1.807) is 0 Å². The molecule has 0 spiro atoms. The fourth-order valence-electron chi connectivity index (χ4n) is 2.54. The van der Waals surface area contributed by atoms with Crippen LogP contribution in [-0.2, 0) is 16.1 Å². The Hall–Kier alpha value is -1.19. The van der Waals surface area contributed by atoms with E-state index in [0.29, 0.717) is 12.5 Å². The molecule has 2 saturated heterocycles. The van der Waals surface area contributed by atoms with E-state index in [2.05, 4.69) is 24.3 Å². The first-order valence-corrected chi connectivity index (χ1v) is 5.83. The molecule has 0 aliphatic carbocycles. The average molecular weight is 217 g/mol. The van der Waals surface area contributed by atoms with E-state index in [1.807, 2.05) is 11.1 Å². The maximum absolute atomic E-state index is 11.5. The molecule has 16 heavy (non-hydrogen) atoms. The van der Waals surface area contributed by atoms with Gasteiger partial charge in [0, 0.05) is 25.4 Å². The number of nitrogens with zero attached hydrogens (tertiary/aromatic N) is 1. The van der Waals surface area contributed by atoms with Crippen LogP contribution < -0.4 is 0 Å². The van der Waals surface area contributed by atoms with Crippen molar-refractivity contribution < 1.29 is 9.63 Å². The molecule has 3 nitrogen and oxygen atoms in total. The summed E-state index contributed by atoms with van der Waals surface area (Å²) in [6.45, 7) is 0.757. The molecule has 2 aliphatic heterocycles. The van der Waals surface area contributed by atoms with Gasteiger partial charge in [-0.25, -0.2) is 0 Å². The van der Waals surface area contributed by atoms with Gasteiger partial charge in [-0.1, -0.05) is 30.3 Å². The van der Waals surface area contributed by atoms with Crippen LogP contribution in [0.25, 0.3) is 0 Å². The highest BCUT2D eigenvalue weighted by Gasteiger charge is 2.40. The summed E-state index contributed by atoms with van der Waals surface area (Å²) in [5.41, 5.74) is 1.32. The Kier molecular flexibility index (Phi) is 2.50. The van der Waals surface area contributed by atoms with Gasteiger partial charge in [-0.3, -0.25) is 9.63 Å². The van der Waals surface area contributed by atoms with Crippen LogP contribution in [0.1, 0.15) is 18.4 Å². The van der Waals surface area contributed by atoms with Gasteiger partial charge >= 0.3 is 0 Å². The molecule has 0 amide bonds. The largest absolute Gasteiger partial charge is 0.297 e. The van der Waals surface area contributed by atoms with Gasteiger partial charge < -0.3 is 0 Å². The lowest BCUT2D eigenvalue weighted by Crippen LogP contribution is -2.36. The molecule has 2 aliphatic rings. The molecule has 2 bridgehead atoms. The monoisotopic (exact) mass is 217 g/mol. The number of Topliss-reactive ketones (excluding diaryl/α,β-unsaturated/α-hetero) is 1. The molecule has 3 rings (SSSR count). The predicted octanol–water partition coefficient (Wildman–Crippen LogP) is 1.58. The molecule has 1 aromatic rings. The zero-order valence-electron chi connectivity index (χ0n) is 9.13. The molecule has 84 valence electrons. The van der Waals surface area contributed by atoms with Crippen LogP contribution in [0.3, 0.4) is 0 Å². The maximum Gasteiger partial charge on any atom is 0.165 e. The SMILES string of the molecule is O=C1CCN2O[C@@H]1C[C@H]2Cc1ccccc1. The van der Waals surface area contributed by atoms with Gasteiger partial charge in [0.05, 0.1) is 0 Å². The van der Waals surface area contributed by atoms with Gasteiger partial charge in [-0.15, -0.1) is 0 Å². The van der Waals surface area contributed by atoms with Crippen molar-refractivity contribution in [1.82, 2.24) is 5.06 Å². The highest BCUT2D eigenvalue weighted by molar-refractivity contribution is 5.84. The summed E-state index contributed by atoms with van der Waals surface area (Å²) in [6, 6.07) is 10.8. The molecule has 0 N–H and O–H groups in total. The number of hydroxylamine groups is 2. The van der Waals surface area contributed by atoms with Gasteiger partial charge in [0.15, 0.2) is 5.78 Å². The number of ketones is 1. The Morgan fingerprint density at radius 3 is 2.88 bits per heavy atom. The van der Waals surface area contributed by atoms with Crippen LogP contribution in [0.5, 0.6) is 0 Å². The quantitative estimate of drug-likeness (QED) is 0.753. The molecule has 0 saturated carbocycles. The number of hydrogen-bond donors (Lipinski definition) is 0. The number of benzene rings is 1. The number of fused-ring (bicyclic) bond motifs is 2. The third kappa shape index (κ3) is 1.77. The second-order valence-electron chi connectivity index (χ2n) is 4.53. The Morgan fingerprint density at radius 1 is 1.31 bits per heavy atom. The zero-order valence-corrected chi connectivity index (χ0v) is 9.13. The maximum atomic E-state index is 11.5. The fraction of sp³-hybridized carbons (Fsp3) is 0.462. The lowest BCUT2D eigenvalue weighted by atomic mass is 10.0. The summed E-state index contributed by atoms with van der Waals surface area (Å²) in [5.74, 6) is 0.270. The zero-order chi connectivity index (χ0) is 11.0. The average Bonchev–Trinajstić information content (AvgIpc) is 2.65. The van der Waals surface area contributed by atoms with Crippen LogP contribution in [0.4, 0.5) is 0 Å². The van der Waals surface area contributed by atoms with Crippen molar-refractivity contribution in [1.29, 1.82) is 0 Å². The van der Waals surface area contributed by atoms with E-state index in [-0.39, 0.29) is 11.9 Å². The summed E-state index contributed by atoms with van der Waals surface area (Å²) in [4.78, 5) is 17.1. The molecule has 3 atom stereocenters. The minimum absolute atomic E-state index is 0.164. The first-order valence-electron chi connectivity index (χ1n) is 5.83. The Morgan fingerprint density at radius 2 is 2.12 bits per heavy atom. The van der Waals surface area contributed by atoms with Gasteiger partial charge in [0.1, 0.15) is 6.10 Å². The van der Waals surface area contributed by atoms with E-state index in [0.717, 1.165) is 19.4 Å². The van der Waals surface area contributed by atoms with E-state index < -0.39 is 0 Å². The summed E-state index contributed by atoms with van der Waals surface area (Å²) in [5, 5.41) is 2.00. The smallest absolute Gasteiger partial charge is 0.165 e. The Labute approximate surface area is 95.0 Å². The Balaban J connectivity index is 1.71. The summed E-state index contributed by atoms with van der Waals surface area (Å²) < 4.78 is 0. The summed E-state index contributed by atoms with van der Waals surface area (Å²) in [7, 11) is 0. The summed E-state index contributed by atoms with van der Waals surface area (Å²) >= 11 is 0. The van der Waals surface area contributed by atoms with Gasteiger partial charge in [0.25, 0.3) is 0 Å². The lowest BCUT2D eigenvalue weighted by Gasteiger charge is -2.24. The standard InChI is InChI=1S/C13H15NO2/c15-12-6-7-14-11(9-13(12)16-14)8-10-4-2-1-3-5-10/h1-5,11,13H,6-9H2/t11-,13-/m1/s1. The van der Waals surface area contributed by atoms with Crippen LogP contribution in [0.2, 0.25) is 0 Å². The molecular formula is C13H15NO2. The number of rotatable bonds is 2. The first-order chi connectivity index (χ1) is 7.83. The van der Waals surface area contributed by atoms with Crippen molar-refractivity contribution in [3.63, 3.8) is 0 Å². The molecule has 2 fully saturated rings. The third-order valence-corrected chi connectivity index (χ3v) is 3.41. The minimum atomic E-state index is -0.164. The molecule has 0 aromatic heterocycles. The van der Waals surface area contributed by atoms with Crippen LogP contribution in [0.15, 0.2) is 30.3 Å². The molecule has 3 heteroatoms. The van der Waals surface area contributed by atoms with Crippen molar-refractivity contribution in [3.05, 3.63) is 35.9 Å². The van der Waals surface area contributed by atoms with Crippen molar-refractivity contribution in [2.45, 2.75) is 31.4 Å². The van der Waals surface area contributed by atoms with E-state index in [1.165, 1.54) is 5.56 Å². The minimum Gasteiger partial charge on any atom is -0.297 e. The number of hydrogen-bond acceptors (Lipinski definition) is 3. The number of carbonyl (C=O) groups is 1. The van der Waals surface area contributed by atoms with Crippen molar-refractivity contribution >= 4 is 5.78 Å². The first kappa shape index (κ1) is 10.00. The van der Waals surface area contributed by atoms with E-state index in [9.17, 15) is 4.79 Å². The Bertz CT molecular complexity index is 390. The second-order valence-corrected chi connectivity index (χ2v) is 4.53. The third-order valence-electron chi connectivity index (χ3n) is 3.41. The van der Waals surface area contributed by atoms with Gasteiger partial charge in [0.2, 0.25) is 0 Å². The molecule has 1 aromatic carbocycles. The second kappa shape index (κ2) is 4.00. The summed E-state index contributed by atoms with van der Waals surface area (Å²) in [6.07, 6.45) is 2.32. The van der Waals surface area contributed by atoms with E-state index in [4.69, 9.17) is 4.84 Å². The van der Waals surface area contributed by atoms with E-state index >= 15 is 0 Å². The topological polar surface area (TPSA) is 29.5 Å². The molecule has 1 unspecified atom stereocenters.